The van der Waals surface area contributed by atoms with E-state index in [2.05, 4.69) is 4.98 Å². The minimum Gasteiger partial charge on any atom is -0.480 e. The van der Waals surface area contributed by atoms with E-state index in [0.29, 0.717) is 0 Å². The zero-order chi connectivity index (χ0) is 12.3. The number of carboxylic acids is 1. The second kappa shape index (κ2) is 4.78. The number of carbonyl (C=O) groups excluding carboxylic acids is 1. The Bertz CT molecular complexity index is 372. The van der Waals surface area contributed by atoms with Gasteiger partial charge < -0.3 is 14.4 Å². The van der Waals surface area contributed by atoms with Crippen LogP contribution in [0.15, 0.2) is 17.0 Å². The molecule has 1 N–H and O–H groups in total. The molecule has 0 aliphatic heterocycles. The number of carbonyl (C=O) groups is 2. The van der Waals surface area contributed by atoms with Crippen LogP contribution >= 0.6 is 0 Å². The maximum absolute atomic E-state index is 11.8. The predicted octanol–water partition coefficient (Wildman–Crippen LogP) is 0.856. The van der Waals surface area contributed by atoms with E-state index in [-0.39, 0.29) is 11.7 Å². The lowest BCUT2D eigenvalue weighted by atomic mass is 10.0. The number of hydrogen-bond donors (Lipinski definition) is 1. The van der Waals surface area contributed by atoms with Crippen LogP contribution in [0.25, 0.3) is 0 Å². The Labute approximate surface area is 92.9 Å². The van der Waals surface area contributed by atoms with Gasteiger partial charge in [-0.25, -0.2) is 9.78 Å². The Morgan fingerprint density at radius 2 is 2.12 bits per heavy atom. The van der Waals surface area contributed by atoms with Crippen molar-refractivity contribution in [1.29, 1.82) is 0 Å². The van der Waals surface area contributed by atoms with Gasteiger partial charge in [-0.1, -0.05) is 13.8 Å². The van der Waals surface area contributed by atoms with Crippen LogP contribution in [-0.2, 0) is 4.79 Å². The van der Waals surface area contributed by atoms with Crippen molar-refractivity contribution >= 4 is 11.9 Å². The predicted molar refractivity (Wildman–Crippen MR) is 54.9 cm³/mol. The number of aliphatic carboxylic acids is 1. The Kier molecular flexibility index (Phi) is 3.65. The molecule has 16 heavy (non-hydrogen) atoms. The van der Waals surface area contributed by atoms with E-state index in [4.69, 9.17) is 9.52 Å². The minimum atomic E-state index is -1.04. The van der Waals surface area contributed by atoms with Crippen LogP contribution in [0, 0.1) is 5.92 Å². The fourth-order valence-electron chi connectivity index (χ4n) is 1.52. The van der Waals surface area contributed by atoms with Gasteiger partial charge in [-0.15, -0.1) is 0 Å². The molecule has 0 spiro atoms. The summed E-state index contributed by atoms with van der Waals surface area (Å²) in [5.74, 6) is -1.67. The summed E-state index contributed by atoms with van der Waals surface area (Å²) in [5.41, 5.74) is 0. The van der Waals surface area contributed by atoms with Crippen molar-refractivity contribution in [2.45, 2.75) is 19.9 Å². The lowest BCUT2D eigenvalue weighted by Gasteiger charge is -2.26. The first-order chi connectivity index (χ1) is 7.45. The fourth-order valence-corrected chi connectivity index (χ4v) is 1.52. The Morgan fingerprint density at radius 1 is 1.50 bits per heavy atom. The molecule has 88 valence electrons. The summed E-state index contributed by atoms with van der Waals surface area (Å²) in [6, 6.07) is -0.877. The van der Waals surface area contributed by atoms with Crippen molar-refractivity contribution in [3.63, 3.8) is 0 Å². The van der Waals surface area contributed by atoms with Crippen LogP contribution in [0.4, 0.5) is 0 Å². The van der Waals surface area contributed by atoms with Crippen molar-refractivity contribution < 1.29 is 19.1 Å². The van der Waals surface area contributed by atoms with Gasteiger partial charge in [-0.05, 0) is 5.92 Å². The lowest BCUT2D eigenvalue weighted by Crippen LogP contribution is -2.45. The van der Waals surface area contributed by atoms with Gasteiger partial charge in [0.2, 0.25) is 5.76 Å². The Hall–Kier alpha value is -1.85. The van der Waals surface area contributed by atoms with Crippen LogP contribution in [0.1, 0.15) is 24.4 Å². The topological polar surface area (TPSA) is 83.6 Å². The van der Waals surface area contributed by atoms with Crippen molar-refractivity contribution in [3.05, 3.63) is 18.4 Å². The first-order valence-electron chi connectivity index (χ1n) is 4.83. The molecule has 1 rings (SSSR count). The molecule has 6 heteroatoms. The highest BCUT2D eigenvalue weighted by Crippen LogP contribution is 2.13. The fraction of sp³-hybridized carbons (Fsp3) is 0.500. The molecule has 1 heterocycles. The summed E-state index contributed by atoms with van der Waals surface area (Å²) in [6.45, 7) is 3.48. The van der Waals surface area contributed by atoms with Gasteiger partial charge in [0.1, 0.15) is 6.04 Å². The molecule has 0 saturated carbocycles. The zero-order valence-electron chi connectivity index (χ0n) is 9.38. The van der Waals surface area contributed by atoms with Crippen LogP contribution in [0.2, 0.25) is 0 Å². The molecule has 1 unspecified atom stereocenters. The third-order valence-electron chi connectivity index (χ3n) is 2.27. The number of hydrogen-bond acceptors (Lipinski definition) is 4. The van der Waals surface area contributed by atoms with Gasteiger partial charge in [0.25, 0.3) is 5.91 Å². The van der Waals surface area contributed by atoms with Crippen LogP contribution in [0.3, 0.4) is 0 Å². The summed E-state index contributed by atoms with van der Waals surface area (Å²) in [4.78, 5) is 27.6. The molecule has 1 aromatic heterocycles. The third kappa shape index (κ3) is 2.39. The summed E-state index contributed by atoms with van der Waals surface area (Å²) in [5, 5.41) is 9.02. The molecule has 0 saturated heterocycles. The molecule has 0 radical (unpaired) electrons. The van der Waals surface area contributed by atoms with Gasteiger partial charge >= 0.3 is 5.97 Å². The molecule has 6 nitrogen and oxygen atoms in total. The van der Waals surface area contributed by atoms with Gasteiger partial charge in [-0.2, -0.15) is 0 Å². The first-order valence-corrected chi connectivity index (χ1v) is 4.83. The minimum absolute atomic E-state index is 0.0365. The van der Waals surface area contributed by atoms with E-state index in [9.17, 15) is 9.59 Å². The highest BCUT2D eigenvalue weighted by atomic mass is 16.4. The molecule has 0 aliphatic rings. The standard InChI is InChI=1S/C10H14N2O4/c1-6(2)8(10(14)15)12(3)9(13)7-4-11-5-16-7/h4-6,8H,1-3H3,(H,14,15). The molecule has 0 bridgehead atoms. The first kappa shape index (κ1) is 12.2. The largest absolute Gasteiger partial charge is 0.480 e. The van der Waals surface area contributed by atoms with Crippen molar-refractivity contribution in [2.24, 2.45) is 5.92 Å². The zero-order valence-corrected chi connectivity index (χ0v) is 9.38. The molecule has 0 fully saturated rings. The maximum Gasteiger partial charge on any atom is 0.326 e. The van der Waals surface area contributed by atoms with Gasteiger partial charge in [0.15, 0.2) is 6.39 Å². The highest BCUT2D eigenvalue weighted by molar-refractivity contribution is 5.93. The van der Waals surface area contributed by atoms with Crippen molar-refractivity contribution in [2.75, 3.05) is 7.05 Å². The van der Waals surface area contributed by atoms with Crippen LogP contribution in [0.5, 0.6) is 0 Å². The smallest absolute Gasteiger partial charge is 0.326 e. The maximum atomic E-state index is 11.8. The Balaban J connectivity index is 2.87. The van der Waals surface area contributed by atoms with Crippen LogP contribution in [-0.4, -0.2) is 40.0 Å². The number of rotatable bonds is 4. The number of amides is 1. The summed E-state index contributed by atoms with van der Waals surface area (Å²) < 4.78 is 4.83. The second-order valence-corrected chi connectivity index (χ2v) is 3.81. The van der Waals surface area contributed by atoms with Gasteiger partial charge in [-0.3, -0.25) is 4.79 Å². The molecule has 0 aromatic carbocycles. The molecule has 0 aliphatic carbocycles. The average Bonchev–Trinajstić information content (AvgIpc) is 2.67. The monoisotopic (exact) mass is 226 g/mol. The summed E-state index contributed by atoms with van der Waals surface area (Å²) in [6.07, 6.45) is 2.39. The number of carboxylic acid groups (broad SMARTS) is 1. The van der Waals surface area contributed by atoms with E-state index in [1.807, 2.05) is 0 Å². The molecular formula is C10H14N2O4. The lowest BCUT2D eigenvalue weighted by molar-refractivity contribution is -0.143. The van der Waals surface area contributed by atoms with Crippen molar-refractivity contribution in [1.82, 2.24) is 9.88 Å². The summed E-state index contributed by atoms with van der Waals surface area (Å²) in [7, 11) is 1.43. The third-order valence-corrected chi connectivity index (χ3v) is 2.27. The SMILES string of the molecule is CC(C)C(C(=O)O)N(C)C(=O)c1cnco1. The number of likely N-dealkylation sites (N-methyl/N-ethyl adjacent to an activating group) is 1. The normalized spacial score (nSPS) is 12.5. The average molecular weight is 226 g/mol. The van der Waals surface area contributed by atoms with E-state index in [1.54, 1.807) is 13.8 Å². The molecule has 1 amide bonds. The van der Waals surface area contributed by atoms with Crippen LogP contribution < -0.4 is 0 Å². The molecule has 1 atom stereocenters. The van der Waals surface area contributed by atoms with Gasteiger partial charge in [0.05, 0.1) is 6.20 Å². The quantitative estimate of drug-likeness (QED) is 0.823. The van der Waals surface area contributed by atoms with Gasteiger partial charge in [0, 0.05) is 7.05 Å². The number of aromatic nitrogens is 1. The Morgan fingerprint density at radius 3 is 2.50 bits per heavy atom. The van der Waals surface area contributed by atoms with E-state index < -0.39 is 17.9 Å². The van der Waals surface area contributed by atoms with E-state index >= 15 is 0 Å². The second-order valence-electron chi connectivity index (χ2n) is 3.81. The number of oxazole rings is 1. The molecule has 1 aromatic rings. The van der Waals surface area contributed by atoms with Crippen molar-refractivity contribution in [3.8, 4) is 0 Å². The number of nitrogens with zero attached hydrogens (tertiary/aromatic N) is 2. The van der Waals surface area contributed by atoms with E-state index in [1.165, 1.54) is 13.2 Å². The van der Waals surface area contributed by atoms with E-state index in [0.717, 1.165) is 11.3 Å². The molecular weight excluding hydrogens is 212 g/mol. The summed E-state index contributed by atoms with van der Waals surface area (Å²) >= 11 is 0. The highest BCUT2D eigenvalue weighted by Gasteiger charge is 2.31.